The monoisotopic (exact) mass is 302 g/mol. The second-order valence-electron chi connectivity index (χ2n) is 4.76. The van der Waals surface area contributed by atoms with Crippen molar-refractivity contribution in [3.05, 3.63) is 11.8 Å². The Kier molecular flexibility index (Phi) is 5.14. The first kappa shape index (κ1) is 15.4. The lowest BCUT2D eigenvalue weighted by Gasteiger charge is -2.33. The number of hydrogen-bond donors (Lipinski definition) is 2. The summed E-state index contributed by atoms with van der Waals surface area (Å²) in [7, 11) is -3.55. The Morgan fingerprint density at radius 3 is 3.05 bits per heavy atom. The minimum atomic E-state index is -3.55. The molecule has 1 aromatic rings. The second kappa shape index (κ2) is 6.66. The molecule has 1 unspecified atom stereocenters. The molecule has 2 heterocycles. The number of sulfonamides is 1. The molecule has 20 heavy (non-hydrogen) atoms. The number of rotatable bonds is 6. The predicted molar refractivity (Wildman–Crippen MR) is 74.8 cm³/mol. The topological polar surface area (TPSA) is 87.3 Å². The third kappa shape index (κ3) is 3.03. The first-order chi connectivity index (χ1) is 9.61. The number of hydrogen-bond acceptors (Lipinski definition) is 5. The number of aromatic nitrogens is 2. The van der Waals surface area contributed by atoms with Gasteiger partial charge in [0.05, 0.1) is 19.4 Å². The summed E-state index contributed by atoms with van der Waals surface area (Å²) < 4.78 is 32.4. The lowest BCUT2D eigenvalue weighted by atomic mass is 10.2. The van der Waals surface area contributed by atoms with E-state index >= 15 is 0 Å². The summed E-state index contributed by atoms with van der Waals surface area (Å²) in [5, 5.41) is 9.84. The van der Waals surface area contributed by atoms with Crippen LogP contribution in [0.25, 0.3) is 0 Å². The van der Waals surface area contributed by atoms with E-state index in [4.69, 9.17) is 4.74 Å². The highest BCUT2D eigenvalue weighted by Gasteiger charge is 2.35. The predicted octanol–water partition coefficient (Wildman–Crippen LogP) is 0.319. The molecule has 0 amide bonds. The van der Waals surface area contributed by atoms with Crippen molar-refractivity contribution in [2.75, 3.05) is 26.3 Å². The molecular weight excluding hydrogens is 280 g/mol. The largest absolute Gasteiger partial charge is 0.378 e. The van der Waals surface area contributed by atoms with Gasteiger partial charge in [0.15, 0.2) is 5.03 Å². The van der Waals surface area contributed by atoms with Gasteiger partial charge in [0, 0.05) is 24.7 Å². The molecule has 114 valence electrons. The maximum absolute atomic E-state index is 12.8. The number of nitrogens with zero attached hydrogens (tertiary/aromatic N) is 2. The van der Waals surface area contributed by atoms with Crippen molar-refractivity contribution < 1.29 is 13.2 Å². The second-order valence-corrected chi connectivity index (χ2v) is 6.58. The van der Waals surface area contributed by atoms with Gasteiger partial charge in [-0.3, -0.25) is 5.10 Å². The molecule has 1 atom stereocenters. The molecule has 8 heteroatoms. The maximum Gasteiger partial charge on any atom is 0.260 e. The van der Waals surface area contributed by atoms with Crippen LogP contribution in [0.1, 0.15) is 25.8 Å². The summed E-state index contributed by atoms with van der Waals surface area (Å²) in [5.41, 5.74) is 0.674. The zero-order valence-electron chi connectivity index (χ0n) is 11.9. The van der Waals surface area contributed by atoms with E-state index in [2.05, 4.69) is 15.5 Å². The minimum Gasteiger partial charge on any atom is -0.378 e. The zero-order valence-corrected chi connectivity index (χ0v) is 12.7. The minimum absolute atomic E-state index is 0.107. The Bertz CT molecular complexity index is 529. The maximum atomic E-state index is 12.8. The van der Waals surface area contributed by atoms with Gasteiger partial charge in [0.25, 0.3) is 10.0 Å². The van der Waals surface area contributed by atoms with Crippen LogP contribution < -0.4 is 5.32 Å². The van der Waals surface area contributed by atoms with Gasteiger partial charge in [-0.1, -0.05) is 13.8 Å². The van der Waals surface area contributed by atoms with Crippen LogP contribution in [-0.2, 0) is 21.3 Å². The van der Waals surface area contributed by atoms with Crippen LogP contribution in [0.4, 0.5) is 0 Å². The highest BCUT2D eigenvalue weighted by atomic mass is 32.2. The molecule has 7 nitrogen and oxygen atoms in total. The fourth-order valence-corrected chi connectivity index (χ4v) is 4.08. The molecule has 2 rings (SSSR count). The number of H-pyrrole nitrogens is 1. The highest BCUT2D eigenvalue weighted by molar-refractivity contribution is 7.89. The van der Waals surface area contributed by atoms with Crippen molar-refractivity contribution in [2.45, 2.75) is 37.9 Å². The van der Waals surface area contributed by atoms with Crippen molar-refractivity contribution in [2.24, 2.45) is 0 Å². The van der Waals surface area contributed by atoms with E-state index in [1.807, 2.05) is 13.8 Å². The average Bonchev–Trinajstić information content (AvgIpc) is 2.94. The summed E-state index contributed by atoms with van der Waals surface area (Å²) in [4.78, 5) is 0. The molecule has 0 radical (unpaired) electrons. The van der Waals surface area contributed by atoms with Crippen LogP contribution in [0.15, 0.2) is 11.2 Å². The van der Waals surface area contributed by atoms with Crippen LogP contribution in [-0.4, -0.2) is 55.3 Å². The lowest BCUT2D eigenvalue weighted by molar-refractivity contribution is 0.0313. The van der Waals surface area contributed by atoms with E-state index in [0.717, 1.165) is 13.0 Å². The van der Waals surface area contributed by atoms with Gasteiger partial charge < -0.3 is 10.1 Å². The van der Waals surface area contributed by atoms with E-state index in [1.54, 1.807) is 6.20 Å². The fraction of sp³-hybridized carbons (Fsp3) is 0.750. The summed E-state index contributed by atoms with van der Waals surface area (Å²) in [6.07, 6.45) is 2.30. The van der Waals surface area contributed by atoms with E-state index in [0.29, 0.717) is 31.9 Å². The summed E-state index contributed by atoms with van der Waals surface area (Å²) in [5.74, 6) is 0. The Morgan fingerprint density at radius 1 is 1.55 bits per heavy atom. The number of nitrogens with one attached hydrogen (secondary N) is 2. The Morgan fingerprint density at radius 2 is 2.35 bits per heavy atom. The molecule has 1 aliphatic heterocycles. The summed E-state index contributed by atoms with van der Waals surface area (Å²) in [6, 6.07) is -0.107. The van der Waals surface area contributed by atoms with Gasteiger partial charge in [-0.05, 0) is 13.0 Å². The van der Waals surface area contributed by atoms with Crippen molar-refractivity contribution in [3.63, 3.8) is 0 Å². The molecule has 1 fully saturated rings. The fourth-order valence-electron chi connectivity index (χ4n) is 2.30. The Labute approximate surface area is 119 Å². The van der Waals surface area contributed by atoms with E-state index in [1.165, 1.54) is 4.31 Å². The van der Waals surface area contributed by atoms with Crippen LogP contribution in [0.3, 0.4) is 0 Å². The zero-order chi connectivity index (χ0) is 14.6. The summed E-state index contributed by atoms with van der Waals surface area (Å²) >= 11 is 0. The van der Waals surface area contributed by atoms with E-state index in [9.17, 15) is 8.42 Å². The standard InChI is InChI=1S/C12H22N4O3S/c1-3-11-9-19-6-5-16(11)20(17,18)12-10(7-13-4-2)8-14-15-12/h8,11,13H,3-7,9H2,1-2H3,(H,14,15). The van der Waals surface area contributed by atoms with Gasteiger partial charge in [-0.25, -0.2) is 8.42 Å². The number of ether oxygens (including phenoxy) is 1. The van der Waals surface area contributed by atoms with Gasteiger partial charge >= 0.3 is 0 Å². The first-order valence-electron chi connectivity index (χ1n) is 6.93. The molecule has 0 aliphatic carbocycles. The quantitative estimate of drug-likeness (QED) is 0.790. The molecular formula is C12H22N4O3S. The van der Waals surface area contributed by atoms with Crippen LogP contribution in [0.2, 0.25) is 0 Å². The smallest absolute Gasteiger partial charge is 0.260 e. The summed E-state index contributed by atoms with van der Waals surface area (Å²) in [6.45, 7) is 6.49. The first-order valence-corrected chi connectivity index (χ1v) is 8.37. The van der Waals surface area contributed by atoms with Crippen molar-refractivity contribution >= 4 is 10.0 Å². The average molecular weight is 302 g/mol. The molecule has 1 aliphatic rings. The Balaban J connectivity index is 2.27. The molecule has 1 saturated heterocycles. The van der Waals surface area contributed by atoms with E-state index < -0.39 is 10.0 Å². The molecule has 0 saturated carbocycles. The third-order valence-corrected chi connectivity index (χ3v) is 5.42. The Hall–Kier alpha value is -0.960. The van der Waals surface area contributed by atoms with Crippen molar-refractivity contribution in [1.29, 1.82) is 0 Å². The van der Waals surface area contributed by atoms with Crippen molar-refractivity contribution in [3.8, 4) is 0 Å². The lowest BCUT2D eigenvalue weighted by Crippen LogP contribution is -2.48. The van der Waals surface area contributed by atoms with Crippen LogP contribution >= 0.6 is 0 Å². The van der Waals surface area contributed by atoms with Crippen molar-refractivity contribution in [1.82, 2.24) is 19.8 Å². The molecule has 0 aromatic carbocycles. The van der Waals surface area contributed by atoms with Crippen LogP contribution in [0.5, 0.6) is 0 Å². The van der Waals surface area contributed by atoms with Gasteiger partial charge in [-0.15, -0.1) is 0 Å². The van der Waals surface area contributed by atoms with Gasteiger partial charge in [0.1, 0.15) is 0 Å². The van der Waals surface area contributed by atoms with Gasteiger partial charge in [-0.2, -0.15) is 9.40 Å². The SMILES string of the molecule is CCNCc1cn[nH]c1S(=O)(=O)N1CCOCC1CC. The molecule has 0 spiro atoms. The number of aromatic amines is 1. The highest BCUT2D eigenvalue weighted by Crippen LogP contribution is 2.23. The molecule has 2 N–H and O–H groups in total. The van der Waals surface area contributed by atoms with E-state index in [-0.39, 0.29) is 11.1 Å². The normalized spacial score (nSPS) is 21.2. The third-order valence-electron chi connectivity index (χ3n) is 3.46. The number of morpholine rings is 1. The van der Waals surface area contributed by atoms with Gasteiger partial charge in [0.2, 0.25) is 0 Å². The molecule has 0 bridgehead atoms. The van der Waals surface area contributed by atoms with Crippen LogP contribution in [0, 0.1) is 0 Å². The molecule has 1 aromatic heterocycles.